The highest BCUT2D eigenvalue weighted by atomic mass is 15.2. The van der Waals surface area contributed by atoms with Crippen LogP contribution >= 0.6 is 0 Å². The van der Waals surface area contributed by atoms with Gasteiger partial charge in [0.2, 0.25) is 0 Å². The molecule has 0 atom stereocenters. The van der Waals surface area contributed by atoms with E-state index in [1.807, 2.05) is 0 Å². The average Bonchev–Trinajstić information content (AvgIpc) is 3.59. The fourth-order valence-electron chi connectivity index (χ4n) is 11.2. The summed E-state index contributed by atoms with van der Waals surface area (Å²) in [6, 6.07) is 64.3. The fraction of sp³-hybridized carbons (Fsp3) is 0.0545. The van der Waals surface area contributed by atoms with Crippen molar-refractivity contribution >= 4 is 105 Å². The summed E-state index contributed by atoms with van der Waals surface area (Å²) in [5.41, 5.74) is 18.1. The van der Waals surface area contributed by atoms with Crippen LogP contribution in [0.5, 0.6) is 0 Å². The molecular formula is C55H37BN2. The van der Waals surface area contributed by atoms with Crippen LogP contribution in [0.25, 0.3) is 81.7 Å². The van der Waals surface area contributed by atoms with Crippen LogP contribution in [0.2, 0.25) is 0 Å². The summed E-state index contributed by atoms with van der Waals surface area (Å²) >= 11 is 0. The van der Waals surface area contributed by atoms with E-state index in [0.29, 0.717) is 0 Å². The Hall–Kier alpha value is -7.10. The first-order valence-electron chi connectivity index (χ1n) is 20.5. The molecule has 0 saturated heterocycles. The van der Waals surface area contributed by atoms with Gasteiger partial charge in [-0.3, -0.25) is 0 Å². The second-order valence-corrected chi connectivity index (χ2v) is 16.6. The van der Waals surface area contributed by atoms with E-state index in [1.54, 1.807) is 0 Å². The summed E-state index contributed by atoms with van der Waals surface area (Å²) in [4.78, 5) is 2.59. The molecule has 0 fully saturated rings. The number of hydrogen-bond acceptors (Lipinski definition) is 1. The molecule has 0 amide bonds. The fourth-order valence-corrected chi connectivity index (χ4v) is 11.2. The minimum atomic E-state index is 0.0299. The van der Waals surface area contributed by atoms with Crippen LogP contribution < -0.4 is 21.3 Å². The van der Waals surface area contributed by atoms with Crippen molar-refractivity contribution in [3.63, 3.8) is 0 Å². The van der Waals surface area contributed by atoms with Crippen molar-refractivity contribution in [1.29, 1.82) is 0 Å². The number of rotatable bonds is 2. The molecule has 11 aromatic rings. The van der Waals surface area contributed by atoms with E-state index < -0.39 is 0 Å². The molecule has 0 spiro atoms. The van der Waals surface area contributed by atoms with E-state index in [1.165, 1.54) is 132 Å². The third kappa shape index (κ3) is 4.13. The molecule has 0 unspecified atom stereocenters. The van der Waals surface area contributed by atoms with Crippen molar-refractivity contribution in [2.75, 3.05) is 4.90 Å². The molecule has 2 nitrogen and oxygen atoms in total. The second kappa shape index (κ2) is 11.5. The summed E-state index contributed by atoms with van der Waals surface area (Å²) < 4.78 is 2.63. The van der Waals surface area contributed by atoms with Crippen LogP contribution in [0.4, 0.5) is 17.1 Å². The predicted octanol–water partition coefficient (Wildman–Crippen LogP) is 12.6. The number of aryl methyl sites for hydroxylation is 3. The largest absolute Gasteiger partial charge is 0.311 e. The molecule has 3 heteroatoms. The molecule has 2 aliphatic heterocycles. The molecule has 0 saturated carbocycles. The summed E-state index contributed by atoms with van der Waals surface area (Å²) in [6.45, 7) is 6.80. The maximum absolute atomic E-state index is 2.63. The maximum atomic E-state index is 2.63. The van der Waals surface area contributed by atoms with Crippen LogP contribution in [-0.4, -0.2) is 11.3 Å². The number of hydrogen-bond donors (Lipinski definition) is 0. The Labute approximate surface area is 337 Å². The quantitative estimate of drug-likeness (QED) is 0.127. The molecule has 0 aliphatic carbocycles. The van der Waals surface area contributed by atoms with Gasteiger partial charge >= 0.3 is 0 Å². The van der Waals surface area contributed by atoms with Gasteiger partial charge in [0.15, 0.2) is 0 Å². The van der Waals surface area contributed by atoms with Gasteiger partial charge < -0.3 is 9.47 Å². The zero-order chi connectivity index (χ0) is 38.4. The molecule has 10 aromatic carbocycles. The highest BCUT2D eigenvalue weighted by molar-refractivity contribution is 7.01. The first-order valence-corrected chi connectivity index (χ1v) is 20.5. The highest BCUT2D eigenvalue weighted by Gasteiger charge is 2.43. The predicted molar refractivity (Wildman–Crippen MR) is 250 cm³/mol. The maximum Gasteiger partial charge on any atom is 0.253 e. The van der Waals surface area contributed by atoms with Gasteiger partial charge in [0, 0.05) is 27.8 Å². The Morgan fingerprint density at radius 2 is 1.05 bits per heavy atom. The lowest BCUT2D eigenvalue weighted by molar-refractivity contribution is 1.17. The van der Waals surface area contributed by atoms with Crippen LogP contribution in [0.15, 0.2) is 170 Å². The van der Waals surface area contributed by atoms with Gasteiger partial charge in [-0.15, -0.1) is 0 Å². The first kappa shape index (κ1) is 32.0. The monoisotopic (exact) mass is 736 g/mol. The number of nitrogens with zero attached hydrogens (tertiary/aromatic N) is 2. The third-order valence-corrected chi connectivity index (χ3v) is 13.3. The van der Waals surface area contributed by atoms with Gasteiger partial charge in [0.25, 0.3) is 6.71 Å². The minimum absolute atomic E-state index is 0.0299. The second-order valence-electron chi connectivity index (χ2n) is 16.6. The van der Waals surface area contributed by atoms with E-state index in [-0.39, 0.29) is 6.71 Å². The van der Waals surface area contributed by atoms with Gasteiger partial charge in [0.1, 0.15) is 0 Å². The van der Waals surface area contributed by atoms with Crippen LogP contribution in [0, 0.1) is 20.8 Å². The van der Waals surface area contributed by atoms with E-state index in [9.17, 15) is 0 Å². The zero-order valence-electron chi connectivity index (χ0n) is 32.6. The van der Waals surface area contributed by atoms with Crippen LogP contribution in [0.1, 0.15) is 16.7 Å². The van der Waals surface area contributed by atoms with Crippen LogP contribution in [-0.2, 0) is 0 Å². The molecule has 0 bridgehead atoms. The van der Waals surface area contributed by atoms with Gasteiger partial charge in [-0.25, -0.2) is 0 Å². The van der Waals surface area contributed by atoms with E-state index in [0.717, 1.165) is 0 Å². The molecule has 3 heterocycles. The van der Waals surface area contributed by atoms with Crippen molar-refractivity contribution in [3.8, 4) is 16.8 Å². The van der Waals surface area contributed by atoms with Crippen LogP contribution in [0.3, 0.4) is 0 Å². The Morgan fingerprint density at radius 3 is 1.86 bits per heavy atom. The van der Waals surface area contributed by atoms with E-state index >= 15 is 0 Å². The summed E-state index contributed by atoms with van der Waals surface area (Å²) in [6.07, 6.45) is 0. The zero-order valence-corrected chi connectivity index (χ0v) is 32.6. The highest BCUT2D eigenvalue weighted by Crippen LogP contribution is 2.47. The Bertz CT molecular complexity index is 3600. The van der Waals surface area contributed by atoms with Gasteiger partial charge in [-0.05, 0) is 127 Å². The molecule has 1 aromatic heterocycles. The summed E-state index contributed by atoms with van der Waals surface area (Å²) in [5, 5.41) is 12.9. The van der Waals surface area contributed by atoms with Crippen molar-refractivity contribution in [2.45, 2.75) is 20.8 Å². The lowest BCUT2D eigenvalue weighted by Gasteiger charge is -2.42. The van der Waals surface area contributed by atoms with Crippen molar-refractivity contribution in [3.05, 3.63) is 187 Å². The summed E-state index contributed by atoms with van der Waals surface area (Å²) in [5.74, 6) is 0. The number of anilines is 3. The Morgan fingerprint density at radius 1 is 0.431 bits per heavy atom. The number of benzene rings is 10. The lowest BCUT2D eigenvalue weighted by atomic mass is 9.33. The molecule has 2 aliphatic rings. The Balaban J connectivity index is 1.24. The van der Waals surface area contributed by atoms with Crippen molar-refractivity contribution < 1.29 is 0 Å². The molecule has 58 heavy (non-hydrogen) atoms. The topological polar surface area (TPSA) is 8.17 Å². The standard InChI is InChI=1S/C55H37BN2/c1-32-28-33(2)54(34(3)29-32)57-46-20-11-21-47-53(46)56(52-43-18-9-6-14-37(43)25-27-48(52)57)45-30-39-23-22-36-13-5-8-17-42(36)50(39)51-44-26-24-38(31-49(44)58(47)55(45)51)41-19-10-15-35-12-4-7-16-40(35)41/h4-31H,1-3H3. The minimum Gasteiger partial charge on any atom is -0.311 e. The SMILES string of the molecule is Cc1cc(C)c(N2c3cccc4c3B(c3c2ccc2ccccc32)c2cc3ccc5ccccc5c3c3c5ccc(-c6cccc7ccccc67)cc5n-4c23)c(C)c1. The Kier molecular flexibility index (Phi) is 6.35. The normalized spacial score (nSPS) is 13.0. The summed E-state index contributed by atoms with van der Waals surface area (Å²) in [7, 11) is 0. The molecule has 0 radical (unpaired) electrons. The smallest absolute Gasteiger partial charge is 0.253 e. The molecule has 270 valence electrons. The lowest BCUT2D eigenvalue weighted by Crippen LogP contribution is -2.60. The average molecular weight is 737 g/mol. The number of aromatic nitrogens is 1. The van der Waals surface area contributed by atoms with Gasteiger partial charge in [0.05, 0.1) is 16.7 Å². The molecule has 13 rings (SSSR count). The number of fused-ring (bicyclic) bond motifs is 14. The first-order chi connectivity index (χ1) is 28.5. The van der Waals surface area contributed by atoms with E-state index in [4.69, 9.17) is 0 Å². The van der Waals surface area contributed by atoms with Crippen molar-refractivity contribution in [1.82, 2.24) is 4.57 Å². The van der Waals surface area contributed by atoms with Gasteiger partial charge in [-0.1, -0.05) is 151 Å². The third-order valence-electron chi connectivity index (χ3n) is 13.3. The molecular weight excluding hydrogens is 699 g/mol. The van der Waals surface area contributed by atoms with Gasteiger partial charge in [-0.2, -0.15) is 0 Å². The van der Waals surface area contributed by atoms with Crippen molar-refractivity contribution in [2.24, 2.45) is 0 Å². The van der Waals surface area contributed by atoms with E-state index in [2.05, 4.69) is 200 Å². The molecule has 0 N–H and O–H groups in total.